The van der Waals surface area contributed by atoms with Crippen molar-refractivity contribution in [1.82, 2.24) is 19.0 Å². The number of piperazine rings is 1. The van der Waals surface area contributed by atoms with Crippen molar-refractivity contribution in [3.8, 4) is 0 Å². The van der Waals surface area contributed by atoms with Gasteiger partial charge in [0, 0.05) is 37.4 Å². The largest absolute Gasteiger partial charge is 0.297 e. The lowest BCUT2D eigenvalue weighted by atomic mass is 10.1. The summed E-state index contributed by atoms with van der Waals surface area (Å²) in [5.74, 6) is 0. The van der Waals surface area contributed by atoms with E-state index in [-0.39, 0.29) is 12.1 Å². The monoisotopic (exact) mass is 326 g/mol. The molecule has 0 aliphatic carbocycles. The van der Waals surface area contributed by atoms with Crippen LogP contribution in [0.4, 0.5) is 0 Å². The molecule has 2 aliphatic rings. The maximum Gasteiger partial charge on any atom is 0.246 e. The summed E-state index contributed by atoms with van der Waals surface area (Å²) in [6.07, 6.45) is 6.28. The molecular formula is C15H26N4O2S. The molecule has 124 valence electrons. The molecule has 0 unspecified atom stereocenters. The Kier molecular flexibility index (Phi) is 4.31. The number of hydrogen-bond acceptors (Lipinski definition) is 4. The topological polar surface area (TPSA) is 58.4 Å². The summed E-state index contributed by atoms with van der Waals surface area (Å²) in [5.41, 5.74) is 0. The summed E-state index contributed by atoms with van der Waals surface area (Å²) in [6.45, 7) is 8.65. The van der Waals surface area contributed by atoms with Crippen molar-refractivity contribution in [2.24, 2.45) is 0 Å². The number of sulfonamides is 1. The predicted octanol–water partition coefficient (Wildman–Crippen LogP) is 1.71. The standard InChI is InChI=1S/C15H26N4O2S/c1-4-13-9-17-7-5-6-14(17)10-19(13)22(20,21)15-8-16-18(11-15)12(2)3/h8,11-14H,4-7,9-10H2,1-3H3/t13-,14-/m0/s1. The van der Waals surface area contributed by atoms with Crippen molar-refractivity contribution >= 4 is 10.0 Å². The average molecular weight is 326 g/mol. The van der Waals surface area contributed by atoms with Crippen LogP contribution < -0.4 is 0 Å². The van der Waals surface area contributed by atoms with Gasteiger partial charge in [-0.2, -0.15) is 9.40 Å². The summed E-state index contributed by atoms with van der Waals surface area (Å²) in [7, 11) is -3.45. The van der Waals surface area contributed by atoms with E-state index < -0.39 is 10.0 Å². The van der Waals surface area contributed by atoms with Crippen LogP contribution in [0.15, 0.2) is 17.3 Å². The first-order chi connectivity index (χ1) is 10.4. The molecule has 2 saturated heterocycles. The highest BCUT2D eigenvalue weighted by Crippen LogP contribution is 2.30. The Hall–Kier alpha value is -0.920. The SMILES string of the molecule is CC[C@H]1CN2CCC[C@H]2CN1S(=O)(=O)c1cnn(C(C)C)c1. The lowest BCUT2D eigenvalue weighted by Crippen LogP contribution is -2.57. The Labute approximate surface area is 133 Å². The van der Waals surface area contributed by atoms with Crippen LogP contribution >= 0.6 is 0 Å². The van der Waals surface area contributed by atoms with Crippen molar-refractivity contribution < 1.29 is 8.42 Å². The fourth-order valence-corrected chi connectivity index (χ4v) is 5.23. The van der Waals surface area contributed by atoms with Crippen molar-refractivity contribution in [3.63, 3.8) is 0 Å². The molecule has 0 saturated carbocycles. The Bertz CT molecular complexity index is 625. The van der Waals surface area contributed by atoms with Gasteiger partial charge < -0.3 is 0 Å². The highest BCUT2D eigenvalue weighted by Gasteiger charge is 2.41. The van der Waals surface area contributed by atoms with E-state index in [4.69, 9.17) is 0 Å². The zero-order chi connectivity index (χ0) is 15.9. The highest BCUT2D eigenvalue weighted by molar-refractivity contribution is 7.89. The zero-order valence-corrected chi connectivity index (χ0v) is 14.5. The van der Waals surface area contributed by atoms with Gasteiger partial charge in [0.1, 0.15) is 4.90 Å². The summed E-state index contributed by atoms with van der Waals surface area (Å²) >= 11 is 0. The van der Waals surface area contributed by atoms with Crippen LogP contribution in [0.5, 0.6) is 0 Å². The Balaban J connectivity index is 1.88. The molecular weight excluding hydrogens is 300 g/mol. The summed E-state index contributed by atoms with van der Waals surface area (Å²) in [6, 6.07) is 0.622. The molecule has 6 nitrogen and oxygen atoms in total. The van der Waals surface area contributed by atoms with Crippen LogP contribution in [0.25, 0.3) is 0 Å². The van der Waals surface area contributed by atoms with Gasteiger partial charge in [0.2, 0.25) is 10.0 Å². The Morgan fingerprint density at radius 3 is 2.77 bits per heavy atom. The smallest absolute Gasteiger partial charge is 0.246 e. The van der Waals surface area contributed by atoms with Crippen molar-refractivity contribution in [2.45, 2.75) is 63.1 Å². The zero-order valence-electron chi connectivity index (χ0n) is 13.6. The molecule has 7 heteroatoms. The molecule has 0 aromatic carbocycles. The summed E-state index contributed by atoms with van der Waals surface area (Å²) < 4.78 is 29.5. The third kappa shape index (κ3) is 2.70. The lowest BCUT2D eigenvalue weighted by molar-refractivity contribution is 0.106. The van der Waals surface area contributed by atoms with Gasteiger partial charge in [0.25, 0.3) is 0 Å². The van der Waals surface area contributed by atoms with Crippen molar-refractivity contribution in [1.29, 1.82) is 0 Å². The van der Waals surface area contributed by atoms with Crippen LogP contribution in [-0.2, 0) is 10.0 Å². The van der Waals surface area contributed by atoms with Crippen molar-refractivity contribution in [3.05, 3.63) is 12.4 Å². The molecule has 2 fully saturated rings. The van der Waals surface area contributed by atoms with Crippen molar-refractivity contribution in [2.75, 3.05) is 19.6 Å². The van der Waals surface area contributed by atoms with E-state index in [1.165, 1.54) is 12.6 Å². The van der Waals surface area contributed by atoms with E-state index in [0.717, 1.165) is 25.9 Å². The van der Waals surface area contributed by atoms with E-state index in [9.17, 15) is 8.42 Å². The molecule has 0 bridgehead atoms. The predicted molar refractivity (Wildman–Crippen MR) is 85.2 cm³/mol. The normalized spacial score (nSPS) is 27.5. The van der Waals surface area contributed by atoms with Gasteiger partial charge in [-0.05, 0) is 39.7 Å². The molecule has 3 rings (SSSR count). The van der Waals surface area contributed by atoms with Crippen LogP contribution in [0.1, 0.15) is 46.1 Å². The average Bonchev–Trinajstić information content (AvgIpc) is 3.14. The first kappa shape index (κ1) is 16.0. The van der Waals surface area contributed by atoms with E-state index in [2.05, 4.69) is 16.9 Å². The number of rotatable bonds is 4. The van der Waals surface area contributed by atoms with Crippen LogP contribution in [0.3, 0.4) is 0 Å². The molecule has 0 radical (unpaired) electrons. The quantitative estimate of drug-likeness (QED) is 0.845. The van der Waals surface area contributed by atoms with Crippen LogP contribution in [0, 0.1) is 0 Å². The van der Waals surface area contributed by atoms with E-state index in [1.807, 2.05) is 13.8 Å². The Morgan fingerprint density at radius 1 is 1.36 bits per heavy atom. The minimum absolute atomic E-state index is 0.0711. The summed E-state index contributed by atoms with van der Waals surface area (Å²) in [4.78, 5) is 2.78. The number of aromatic nitrogens is 2. The number of nitrogens with zero attached hydrogens (tertiary/aromatic N) is 4. The first-order valence-electron chi connectivity index (χ1n) is 8.23. The highest BCUT2D eigenvalue weighted by atomic mass is 32.2. The lowest BCUT2D eigenvalue weighted by Gasteiger charge is -2.42. The van der Waals surface area contributed by atoms with E-state index >= 15 is 0 Å². The Morgan fingerprint density at radius 2 is 2.14 bits per heavy atom. The van der Waals surface area contributed by atoms with Gasteiger partial charge in [-0.1, -0.05) is 6.92 Å². The fraction of sp³-hybridized carbons (Fsp3) is 0.800. The molecule has 1 aromatic rings. The number of fused-ring (bicyclic) bond motifs is 1. The molecule has 22 heavy (non-hydrogen) atoms. The third-order valence-electron chi connectivity index (χ3n) is 4.93. The van der Waals surface area contributed by atoms with Gasteiger partial charge in [-0.15, -0.1) is 0 Å². The van der Waals surface area contributed by atoms with E-state index in [0.29, 0.717) is 17.5 Å². The molecule has 0 spiro atoms. The van der Waals surface area contributed by atoms with Gasteiger partial charge in [-0.25, -0.2) is 8.42 Å². The first-order valence-corrected chi connectivity index (χ1v) is 9.67. The van der Waals surface area contributed by atoms with Crippen LogP contribution in [0.2, 0.25) is 0 Å². The maximum absolute atomic E-state index is 13.0. The van der Waals surface area contributed by atoms with E-state index in [1.54, 1.807) is 15.2 Å². The molecule has 2 aliphatic heterocycles. The van der Waals surface area contributed by atoms with Gasteiger partial charge in [0.15, 0.2) is 0 Å². The van der Waals surface area contributed by atoms with Crippen LogP contribution in [-0.4, -0.2) is 59.1 Å². The second kappa shape index (κ2) is 5.94. The minimum Gasteiger partial charge on any atom is -0.297 e. The van der Waals surface area contributed by atoms with Gasteiger partial charge in [0.05, 0.1) is 6.20 Å². The second-order valence-corrected chi connectivity index (χ2v) is 8.57. The molecule has 3 heterocycles. The fourth-order valence-electron chi connectivity index (χ4n) is 3.56. The van der Waals surface area contributed by atoms with Gasteiger partial charge >= 0.3 is 0 Å². The maximum atomic E-state index is 13.0. The minimum atomic E-state index is -3.45. The molecule has 2 atom stereocenters. The number of hydrogen-bond donors (Lipinski definition) is 0. The summed E-state index contributed by atoms with van der Waals surface area (Å²) in [5, 5.41) is 4.19. The molecule has 0 N–H and O–H groups in total. The second-order valence-electron chi connectivity index (χ2n) is 6.68. The van der Waals surface area contributed by atoms with Gasteiger partial charge in [-0.3, -0.25) is 9.58 Å². The third-order valence-corrected chi connectivity index (χ3v) is 6.80. The molecule has 0 amide bonds. The molecule has 1 aromatic heterocycles.